The molecule has 0 atom stereocenters. The molecule has 4 rings (SSSR count). The number of nitriles is 2. The molecule has 1 fully saturated rings. The van der Waals surface area contributed by atoms with Crippen LogP contribution in [-0.2, 0) is 6.54 Å². The van der Waals surface area contributed by atoms with Gasteiger partial charge in [-0.1, -0.05) is 12.1 Å². The summed E-state index contributed by atoms with van der Waals surface area (Å²) < 4.78 is 0. The van der Waals surface area contributed by atoms with E-state index in [1.165, 1.54) is 0 Å². The van der Waals surface area contributed by atoms with Crippen LogP contribution in [0, 0.1) is 36.5 Å². The quantitative estimate of drug-likeness (QED) is 0.704. The summed E-state index contributed by atoms with van der Waals surface area (Å²) >= 11 is 0. The number of aromatic nitrogens is 2. The van der Waals surface area contributed by atoms with Crippen LogP contribution in [-0.4, -0.2) is 48.3 Å². The van der Waals surface area contributed by atoms with Crippen LogP contribution in [0.1, 0.15) is 27.9 Å². The summed E-state index contributed by atoms with van der Waals surface area (Å²) in [5.74, 6) is 0.683. The second kappa shape index (κ2) is 8.59. The Morgan fingerprint density at radius 3 is 2.42 bits per heavy atom. The van der Waals surface area contributed by atoms with Gasteiger partial charge in [-0.05, 0) is 50.2 Å². The van der Waals surface area contributed by atoms with Crippen LogP contribution in [0.15, 0.2) is 30.3 Å². The molecule has 0 bridgehead atoms. The van der Waals surface area contributed by atoms with Crippen molar-refractivity contribution in [1.82, 2.24) is 15.1 Å². The van der Waals surface area contributed by atoms with E-state index in [0.29, 0.717) is 23.5 Å². The Bertz CT molecular complexity index is 1210. The van der Waals surface area contributed by atoms with Gasteiger partial charge in [0.2, 0.25) is 0 Å². The van der Waals surface area contributed by atoms with E-state index in [9.17, 15) is 10.5 Å². The summed E-state index contributed by atoms with van der Waals surface area (Å²) in [6.07, 6.45) is 0. The van der Waals surface area contributed by atoms with Crippen molar-refractivity contribution in [1.29, 1.82) is 10.5 Å². The van der Waals surface area contributed by atoms with Gasteiger partial charge in [-0.15, -0.1) is 5.10 Å². The Morgan fingerprint density at radius 2 is 1.71 bits per heavy atom. The molecule has 1 aliphatic heterocycles. The summed E-state index contributed by atoms with van der Waals surface area (Å²) in [5, 5.41) is 33.1. The van der Waals surface area contributed by atoms with E-state index in [1.54, 1.807) is 0 Å². The molecule has 0 saturated carbocycles. The van der Waals surface area contributed by atoms with Crippen LogP contribution in [0.4, 0.5) is 11.5 Å². The molecule has 0 amide bonds. The van der Waals surface area contributed by atoms with Crippen molar-refractivity contribution in [2.75, 3.05) is 43.4 Å². The second-order valence-corrected chi connectivity index (χ2v) is 8.01. The Hall–Kier alpha value is -3.68. The molecule has 3 aromatic rings. The van der Waals surface area contributed by atoms with Gasteiger partial charge in [-0.2, -0.15) is 15.6 Å². The summed E-state index contributed by atoms with van der Waals surface area (Å²) in [4.78, 5) is 4.57. The average Bonchev–Trinajstić information content (AvgIpc) is 2.79. The predicted octanol–water partition coefficient (Wildman–Crippen LogP) is 3.35. The first-order valence-electron chi connectivity index (χ1n) is 10.4. The van der Waals surface area contributed by atoms with Crippen molar-refractivity contribution in [2.45, 2.75) is 20.4 Å². The number of fused-ring (bicyclic) bond motifs is 1. The Kier molecular flexibility index (Phi) is 5.70. The zero-order chi connectivity index (χ0) is 22.0. The van der Waals surface area contributed by atoms with Gasteiger partial charge >= 0.3 is 0 Å². The third-order valence-electron chi connectivity index (χ3n) is 6.06. The first-order valence-corrected chi connectivity index (χ1v) is 10.4. The molecule has 31 heavy (non-hydrogen) atoms. The van der Waals surface area contributed by atoms with E-state index in [2.05, 4.69) is 50.6 Å². The summed E-state index contributed by atoms with van der Waals surface area (Å²) in [6.45, 7) is 8.12. The van der Waals surface area contributed by atoms with Crippen molar-refractivity contribution in [3.63, 3.8) is 0 Å². The minimum Gasteiger partial charge on any atom is -0.368 e. The zero-order valence-electron chi connectivity index (χ0n) is 18.1. The molecule has 1 N–H and O–H groups in total. The third kappa shape index (κ3) is 4.01. The van der Waals surface area contributed by atoms with E-state index in [1.807, 2.05) is 38.1 Å². The van der Waals surface area contributed by atoms with Crippen LogP contribution >= 0.6 is 0 Å². The second-order valence-electron chi connectivity index (χ2n) is 8.01. The largest absolute Gasteiger partial charge is 0.368 e. The molecule has 0 radical (unpaired) electrons. The Balaban J connectivity index is 1.73. The van der Waals surface area contributed by atoms with Gasteiger partial charge in [0, 0.05) is 43.5 Å². The monoisotopic (exact) mass is 411 g/mol. The zero-order valence-corrected chi connectivity index (χ0v) is 18.1. The highest BCUT2D eigenvalue weighted by molar-refractivity contribution is 5.97. The molecular formula is C24H25N7. The lowest BCUT2D eigenvalue weighted by atomic mass is 10.0. The summed E-state index contributed by atoms with van der Waals surface area (Å²) in [6, 6.07) is 14.3. The third-order valence-corrected chi connectivity index (χ3v) is 6.06. The lowest BCUT2D eigenvalue weighted by Crippen LogP contribution is -2.44. The number of anilines is 2. The van der Waals surface area contributed by atoms with Crippen LogP contribution in [0.2, 0.25) is 0 Å². The number of benzene rings is 2. The van der Waals surface area contributed by atoms with E-state index in [-0.39, 0.29) is 0 Å². The fraction of sp³-hybridized carbons (Fsp3) is 0.333. The number of hydrogen-bond acceptors (Lipinski definition) is 7. The van der Waals surface area contributed by atoms with E-state index in [4.69, 9.17) is 0 Å². The smallest absolute Gasteiger partial charge is 0.156 e. The fourth-order valence-corrected chi connectivity index (χ4v) is 4.02. The molecule has 0 spiro atoms. The Labute approximate surface area is 182 Å². The van der Waals surface area contributed by atoms with Gasteiger partial charge in [0.05, 0.1) is 28.6 Å². The Morgan fingerprint density at radius 1 is 0.968 bits per heavy atom. The highest BCUT2D eigenvalue weighted by Crippen LogP contribution is 2.32. The fourth-order valence-electron chi connectivity index (χ4n) is 4.02. The molecule has 2 heterocycles. The minimum atomic E-state index is 0.540. The highest BCUT2D eigenvalue weighted by Gasteiger charge is 2.20. The first kappa shape index (κ1) is 20.6. The van der Waals surface area contributed by atoms with E-state index in [0.717, 1.165) is 59.5 Å². The van der Waals surface area contributed by atoms with E-state index >= 15 is 0 Å². The summed E-state index contributed by atoms with van der Waals surface area (Å²) in [7, 11) is 2.12. The average molecular weight is 412 g/mol. The van der Waals surface area contributed by atoms with Gasteiger partial charge in [0.15, 0.2) is 5.82 Å². The van der Waals surface area contributed by atoms with Crippen molar-refractivity contribution >= 4 is 22.3 Å². The maximum Gasteiger partial charge on any atom is 0.156 e. The normalized spacial score (nSPS) is 14.3. The standard InChI is InChI=1S/C24H25N7/c1-16-18(13-25)5-4-6-19(16)15-27-24-22-12-23(31-9-7-30(3)8-10-31)20(14-26)11-21(22)17(2)28-29-24/h4-6,11-12H,7-10,15H2,1-3H3,(H,27,29). The van der Waals surface area contributed by atoms with Gasteiger partial charge in [0.25, 0.3) is 0 Å². The SMILES string of the molecule is Cc1c(C#N)cccc1CNc1nnc(C)c2cc(C#N)c(N3CCN(C)CC3)cc12. The predicted molar refractivity (Wildman–Crippen MR) is 122 cm³/mol. The maximum atomic E-state index is 9.79. The maximum absolute atomic E-state index is 9.79. The van der Waals surface area contributed by atoms with Crippen molar-refractivity contribution in [2.24, 2.45) is 0 Å². The van der Waals surface area contributed by atoms with Gasteiger partial charge in [0.1, 0.15) is 6.07 Å². The van der Waals surface area contributed by atoms with Gasteiger partial charge < -0.3 is 15.1 Å². The minimum absolute atomic E-state index is 0.540. The number of hydrogen-bond donors (Lipinski definition) is 1. The molecule has 7 heteroatoms. The lowest BCUT2D eigenvalue weighted by Gasteiger charge is -2.34. The molecule has 2 aromatic carbocycles. The van der Waals surface area contributed by atoms with Crippen LogP contribution in [0.5, 0.6) is 0 Å². The number of piperazine rings is 1. The molecule has 0 aliphatic carbocycles. The molecule has 1 saturated heterocycles. The molecule has 1 aliphatic rings. The number of nitrogens with zero attached hydrogens (tertiary/aromatic N) is 6. The number of nitrogens with one attached hydrogen (secondary N) is 1. The molecule has 1 aromatic heterocycles. The van der Waals surface area contributed by atoms with Crippen LogP contribution in [0.3, 0.4) is 0 Å². The lowest BCUT2D eigenvalue weighted by molar-refractivity contribution is 0.313. The first-order chi connectivity index (χ1) is 15.0. The van der Waals surface area contributed by atoms with E-state index < -0.39 is 0 Å². The number of likely N-dealkylation sites (N-methyl/N-ethyl adjacent to an activating group) is 1. The van der Waals surface area contributed by atoms with Crippen molar-refractivity contribution < 1.29 is 0 Å². The summed E-state index contributed by atoms with van der Waals surface area (Å²) in [5.41, 5.74) is 5.09. The highest BCUT2D eigenvalue weighted by atomic mass is 15.2. The van der Waals surface area contributed by atoms with Crippen LogP contribution in [0.25, 0.3) is 10.8 Å². The number of rotatable bonds is 4. The van der Waals surface area contributed by atoms with Crippen LogP contribution < -0.4 is 10.2 Å². The molecule has 156 valence electrons. The molecular weight excluding hydrogens is 386 g/mol. The van der Waals surface area contributed by atoms with Gasteiger partial charge in [-0.25, -0.2) is 0 Å². The molecule has 7 nitrogen and oxygen atoms in total. The van der Waals surface area contributed by atoms with Crippen molar-refractivity contribution in [3.05, 3.63) is 58.3 Å². The topological polar surface area (TPSA) is 91.9 Å². The number of aryl methyl sites for hydroxylation is 1. The molecule has 0 unspecified atom stereocenters. The van der Waals surface area contributed by atoms with Gasteiger partial charge in [-0.3, -0.25) is 0 Å². The van der Waals surface area contributed by atoms with Crippen molar-refractivity contribution in [3.8, 4) is 12.1 Å².